The molecule has 0 bridgehead atoms. The van der Waals surface area contributed by atoms with Crippen LogP contribution in [0.1, 0.15) is 23.1 Å². The number of carbonyl (C=O) groups is 1. The number of ether oxygens (including phenoxy) is 1. The molecule has 0 aliphatic rings. The summed E-state index contributed by atoms with van der Waals surface area (Å²) < 4.78 is 31.2. The normalized spacial score (nSPS) is 11.6. The third-order valence-electron chi connectivity index (χ3n) is 5.38. The maximum absolute atomic E-state index is 12.5. The maximum Gasteiger partial charge on any atom is 0.196 e. The van der Waals surface area contributed by atoms with Crippen LogP contribution >= 0.6 is 0 Å². The van der Waals surface area contributed by atoms with Crippen LogP contribution in [0.2, 0.25) is 0 Å². The molecule has 0 spiro atoms. The van der Waals surface area contributed by atoms with Gasteiger partial charge in [0.1, 0.15) is 17.2 Å². The van der Waals surface area contributed by atoms with Gasteiger partial charge in [-0.05, 0) is 42.0 Å². The molecule has 4 aromatic rings. The van der Waals surface area contributed by atoms with Crippen LogP contribution in [0.4, 0.5) is 0 Å². The Kier molecular flexibility index (Phi) is 6.10. The number of fused-ring (bicyclic) bond motifs is 1. The van der Waals surface area contributed by atoms with Crippen molar-refractivity contribution in [1.82, 2.24) is 9.55 Å². The first-order valence-electron chi connectivity index (χ1n) is 10.3. The lowest BCUT2D eigenvalue weighted by molar-refractivity contribution is 0.101. The molecule has 2 aromatic carbocycles. The second kappa shape index (κ2) is 8.96. The third-order valence-corrected chi connectivity index (χ3v) is 6.96. The molecule has 0 amide bonds. The molecule has 0 atom stereocenters. The Hall–Kier alpha value is -3.45. The number of pyridine rings is 1. The van der Waals surface area contributed by atoms with Crippen LogP contribution in [-0.2, 0) is 16.4 Å². The number of benzene rings is 2. The van der Waals surface area contributed by atoms with Gasteiger partial charge >= 0.3 is 0 Å². The summed E-state index contributed by atoms with van der Waals surface area (Å²) in [5.41, 5.74) is 3.93. The zero-order valence-electron chi connectivity index (χ0n) is 18.0. The number of carbonyl (C=O) groups excluding carboxylic acids is 1. The van der Waals surface area contributed by atoms with Gasteiger partial charge in [-0.2, -0.15) is 0 Å². The van der Waals surface area contributed by atoms with E-state index in [0.717, 1.165) is 27.9 Å². The van der Waals surface area contributed by atoms with Gasteiger partial charge in [-0.15, -0.1) is 0 Å². The number of ketones is 1. The lowest BCUT2D eigenvalue weighted by atomic mass is 10.1. The minimum Gasteiger partial charge on any atom is -0.497 e. The van der Waals surface area contributed by atoms with Crippen molar-refractivity contribution in [2.24, 2.45) is 0 Å². The Morgan fingerprint density at radius 1 is 1.00 bits per heavy atom. The second-order valence-corrected chi connectivity index (χ2v) is 9.87. The van der Waals surface area contributed by atoms with Gasteiger partial charge in [0.25, 0.3) is 0 Å². The SMILES string of the molecule is CCS(=O)(=O)CC(=O)c1cccc(Cn2c(-c3ccccc3)cc3cc(OC)ccc32)n1. The summed E-state index contributed by atoms with van der Waals surface area (Å²) in [7, 11) is -1.77. The maximum atomic E-state index is 12.5. The summed E-state index contributed by atoms with van der Waals surface area (Å²) in [6.45, 7) is 1.96. The topological polar surface area (TPSA) is 78.3 Å². The number of nitrogens with zero attached hydrogens (tertiary/aromatic N) is 2. The fraction of sp³-hybridized carbons (Fsp3) is 0.200. The van der Waals surface area contributed by atoms with Gasteiger partial charge < -0.3 is 9.30 Å². The van der Waals surface area contributed by atoms with Crippen molar-refractivity contribution in [3.05, 3.63) is 84.2 Å². The number of hydrogen-bond donors (Lipinski definition) is 0. The predicted molar refractivity (Wildman–Crippen MR) is 126 cm³/mol. The van der Waals surface area contributed by atoms with Gasteiger partial charge in [0.15, 0.2) is 15.6 Å². The predicted octanol–water partition coefficient (Wildman–Crippen LogP) is 4.38. The summed E-state index contributed by atoms with van der Waals surface area (Å²) in [6.07, 6.45) is 0. The van der Waals surface area contributed by atoms with E-state index in [4.69, 9.17) is 4.74 Å². The molecule has 0 fully saturated rings. The summed E-state index contributed by atoms with van der Waals surface area (Å²) >= 11 is 0. The number of methoxy groups -OCH3 is 1. The number of Topliss-reactive ketones (excluding diaryl/α,β-unsaturated/α-hetero) is 1. The second-order valence-electron chi connectivity index (χ2n) is 7.52. The standard InChI is InChI=1S/C25H24N2O4S/c1-3-32(29,30)17-25(28)22-11-7-10-20(26-22)16-27-23-13-12-21(31-2)14-19(23)15-24(27)18-8-5-4-6-9-18/h4-15H,3,16-17H2,1-2H3. The van der Waals surface area contributed by atoms with Crippen LogP contribution in [0, 0.1) is 0 Å². The molecule has 0 saturated carbocycles. The molecule has 6 nitrogen and oxygen atoms in total. The van der Waals surface area contributed by atoms with Crippen LogP contribution in [0.25, 0.3) is 22.2 Å². The average molecular weight is 449 g/mol. The molecule has 164 valence electrons. The van der Waals surface area contributed by atoms with E-state index in [-0.39, 0.29) is 11.4 Å². The number of sulfone groups is 1. The molecule has 2 aromatic heterocycles. The van der Waals surface area contributed by atoms with Gasteiger partial charge in [0, 0.05) is 22.3 Å². The quantitative estimate of drug-likeness (QED) is 0.374. The van der Waals surface area contributed by atoms with E-state index in [1.165, 1.54) is 6.92 Å². The molecule has 0 aliphatic heterocycles. The number of rotatable bonds is 8. The van der Waals surface area contributed by atoms with Crippen molar-refractivity contribution in [2.75, 3.05) is 18.6 Å². The Morgan fingerprint density at radius 2 is 1.78 bits per heavy atom. The van der Waals surface area contributed by atoms with Gasteiger partial charge in [0.2, 0.25) is 0 Å². The zero-order chi connectivity index (χ0) is 22.7. The summed E-state index contributed by atoms with van der Waals surface area (Å²) in [5.74, 6) is -0.310. The van der Waals surface area contributed by atoms with Crippen LogP contribution < -0.4 is 4.74 Å². The molecule has 0 radical (unpaired) electrons. The molecule has 0 N–H and O–H groups in total. The first kappa shape index (κ1) is 21.8. The van der Waals surface area contributed by atoms with E-state index in [9.17, 15) is 13.2 Å². The highest BCUT2D eigenvalue weighted by molar-refractivity contribution is 7.92. The van der Waals surface area contributed by atoms with Crippen molar-refractivity contribution in [3.63, 3.8) is 0 Å². The van der Waals surface area contributed by atoms with E-state index < -0.39 is 21.4 Å². The Bertz CT molecular complexity index is 1380. The highest BCUT2D eigenvalue weighted by Gasteiger charge is 2.18. The highest BCUT2D eigenvalue weighted by Crippen LogP contribution is 2.31. The van der Waals surface area contributed by atoms with E-state index in [2.05, 4.69) is 15.6 Å². The minimum absolute atomic E-state index is 0.0717. The Labute approximate surface area is 187 Å². The van der Waals surface area contributed by atoms with Crippen molar-refractivity contribution in [1.29, 1.82) is 0 Å². The fourth-order valence-corrected chi connectivity index (χ4v) is 4.41. The van der Waals surface area contributed by atoms with E-state index in [1.54, 1.807) is 19.2 Å². The number of hydrogen-bond acceptors (Lipinski definition) is 5. The fourth-order valence-electron chi connectivity index (χ4n) is 3.66. The van der Waals surface area contributed by atoms with E-state index in [0.29, 0.717) is 12.2 Å². The van der Waals surface area contributed by atoms with E-state index in [1.807, 2.05) is 54.6 Å². The van der Waals surface area contributed by atoms with Crippen LogP contribution in [0.5, 0.6) is 5.75 Å². The minimum atomic E-state index is -3.41. The first-order valence-corrected chi connectivity index (χ1v) is 12.1. The Morgan fingerprint density at radius 3 is 2.50 bits per heavy atom. The molecule has 7 heteroatoms. The van der Waals surface area contributed by atoms with Crippen molar-refractivity contribution in [3.8, 4) is 17.0 Å². The molecule has 32 heavy (non-hydrogen) atoms. The van der Waals surface area contributed by atoms with Crippen molar-refractivity contribution >= 4 is 26.5 Å². The first-order chi connectivity index (χ1) is 15.4. The van der Waals surface area contributed by atoms with E-state index >= 15 is 0 Å². The monoisotopic (exact) mass is 448 g/mol. The molecular formula is C25H24N2O4S. The van der Waals surface area contributed by atoms with Gasteiger partial charge in [-0.1, -0.05) is 43.3 Å². The van der Waals surface area contributed by atoms with Gasteiger partial charge in [-0.25, -0.2) is 13.4 Å². The highest BCUT2D eigenvalue weighted by atomic mass is 32.2. The van der Waals surface area contributed by atoms with Crippen molar-refractivity contribution < 1.29 is 17.9 Å². The van der Waals surface area contributed by atoms with Gasteiger partial charge in [-0.3, -0.25) is 4.79 Å². The summed E-state index contributed by atoms with van der Waals surface area (Å²) in [4.78, 5) is 17.0. The zero-order valence-corrected chi connectivity index (χ0v) is 18.8. The smallest absolute Gasteiger partial charge is 0.196 e. The molecule has 0 unspecified atom stereocenters. The molecule has 2 heterocycles. The van der Waals surface area contributed by atoms with Crippen LogP contribution in [0.15, 0.2) is 72.8 Å². The molecular weight excluding hydrogens is 424 g/mol. The lowest BCUT2D eigenvalue weighted by Crippen LogP contribution is -2.19. The average Bonchev–Trinajstić information content (AvgIpc) is 3.17. The van der Waals surface area contributed by atoms with Crippen LogP contribution in [-0.4, -0.2) is 42.4 Å². The van der Waals surface area contributed by atoms with Crippen molar-refractivity contribution in [2.45, 2.75) is 13.5 Å². The summed E-state index contributed by atoms with van der Waals surface area (Å²) in [6, 6.07) is 23.2. The Balaban J connectivity index is 1.75. The van der Waals surface area contributed by atoms with Crippen LogP contribution in [0.3, 0.4) is 0 Å². The third kappa shape index (κ3) is 4.57. The molecule has 4 rings (SSSR count). The van der Waals surface area contributed by atoms with Gasteiger partial charge in [0.05, 0.1) is 19.3 Å². The molecule has 0 saturated heterocycles. The lowest BCUT2D eigenvalue weighted by Gasteiger charge is -2.12. The number of aromatic nitrogens is 2. The summed E-state index contributed by atoms with van der Waals surface area (Å²) in [5, 5.41) is 1.03. The largest absolute Gasteiger partial charge is 0.497 e. The molecule has 0 aliphatic carbocycles.